The van der Waals surface area contributed by atoms with Crippen molar-refractivity contribution in [3.63, 3.8) is 0 Å². The molecule has 0 unspecified atom stereocenters. The van der Waals surface area contributed by atoms with Crippen LogP contribution in [0.15, 0.2) is 0 Å². The van der Waals surface area contributed by atoms with E-state index in [-0.39, 0.29) is 99.0 Å². The molecule has 0 aromatic rings. The van der Waals surface area contributed by atoms with Gasteiger partial charge in [-0.15, -0.1) is 0 Å². The summed E-state index contributed by atoms with van der Waals surface area (Å²) in [6, 6.07) is 0. The normalized spacial score (nSPS) is 7.50. The average Bonchev–Trinajstić information content (AvgIpc) is 0.722. The number of hydrogen-bond donors (Lipinski definition) is 4. The molecule has 0 bridgehead atoms. The Morgan fingerprint density at radius 2 is 0.875 bits per heavy atom. The van der Waals surface area contributed by atoms with Crippen LogP contribution in [0.1, 0.15) is 0 Å². The van der Waals surface area contributed by atoms with E-state index >= 15 is 0 Å². The second kappa shape index (κ2) is 10.8. The fourth-order valence-electron chi connectivity index (χ4n) is 0. The van der Waals surface area contributed by atoms with Crippen molar-refractivity contribution in [3.8, 4) is 0 Å². The van der Waals surface area contributed by atoms with Crippen molar-refractivity contribution in [1.29, 1.82) is 0 Å². The molecule has 0 aromatic carbocycles. The van der Waals surface area contributed by atoms with Gasteiger partial charge < -0.3 is 0 Å². The van der Waals surface area contributed by atoms with E-state index < -0.39 is 18.1 Å². The topological polar surface area (TPSA) is 80.9 Å². The molecule has 0 aromatic heterocycles. The first-order valence-electron chi connectivity index (χ1n) is 0.894. The predicted molar refractivity (Wildman–Crippen MR) is 28.8 cm³/mol. The quantitative estimate of drug-likeness (QED) is 0.270. The first-order chi connectivity index (χ1) is 2.00. The zero-order chi connectivity index (χ0) is 4.50. The maximum Gasteiger partial charge on any atom is 0 e. The summed E-state index contributed by atoms with van der Waals surface area (Å²) in [4.78, 5) is 0. The molecule has 8 heteroatoms. The van der Waals surface area contributed by atoms with Crippen molar-refractivity contribution in [1.82, 2.24) is 0 Å². The van der Waals surface area contributed by atoms with Crippen LogP contribution >= 0.6 is 0 Å². The van der Waals surface area contributed by atoms with Gasteiger partial charge in [-0.25, -0.2) is 0 Å². The summed E-state index contributed by atoms with van der Waals surface area (Å²) in [6.45, 7) is 0. The van der Waals surface area contributed by atoms with E-state index in [0.29, 0.717) is 0 Å². The molecule has 0 fully saturated rings. The van der Waals surface area contributed by atoms with E-state index in [1.54, 1.807) is 0 Å². The molecule has 4 N–H and O–H groups in total. The zero-order valence-electron chi connectivity index (χ0n) is 2.79. The first kappa shape index (κ1) is 22.6. The predicted octanol–water partition coefficient (Wildman–Crippen LogP) is -4.60. The van der Waals surface area contributed by atoms with E-state index in [4.69, 9.17) is 14.8 Å². The molecule has 0 atom stereocenters. The molecule has 0 aliphatic rings. The maximum atomic E-state index is 7.38. The Kier molecular flexibility index (Phi) is 30.6. The summed E-state index contributed by atoms with van der Waals surface area (Å²) < 4.78 is 29.5. The molecule has 0 radical (unpaired) electrons. The summed E-state index contributed by atoms with van der Waals surface area (Å²) in [5, 5.41) is 0. The fourth-order valence-corrected chi connectivity index (χ4v) is 0. The van der Waals surface area contributed by atoms with Crippen LogP contribution in [0.5, 0.6) is 0 Å². The minimum atomic E-state index is -5.00. The Bertz CT molecular complexity index is 31.5. The van der Waals surface area contributed by atoms with Gasteiger partial charge in [-0.3, -0.25) is 0 Å². The van der Waals surface area contributed by atoms with Gasteiger partial charge in [0.25, 0.3) is 0 Å². The Morgan fingerprint density at radius 3 is 0.875 bits per heavy atom. The van der Waals surface area contributed by atoms with E-state index in [9.17, 15) is 0 Å². The standard InChI is InChI=1S/Ba.4H2O.Sn.Ti.Zr.6H/h;4*1H2;;;;;;;;;/q;;;;;;+4;;;;;;;/p-4. The Morgan fingerprint density at radius 1 is 0.875 bits per heavy atom. The third kappa shape index (κ3) is 52.5. The van der Waals surface area contributed by atoms with Gasteiger partial charge in [0.1, 0.15) is 0 Å². The van der Waals surface area contributed by atoms with Crippen LogP contribution in [0.25, 0.3) is 0 Å². The fraction of sp³-hybridized carbons (Fsp3) is 0. The molecule has 0 saturated carbocycles. The van der Waals surface area contributed by atoms with Crippen LogP contribution in [0.2, 0.25) is 0 Å². The van der Waals surface area contributed by atoms with Gasteiger partial charge in [-0.1, -0.05) is 0 Å². The van der Waals surface area contributed by atoms with Crippen LogP contribution in [-0.2, 0) is 44.3 Å². The van der Waals surface area contributed by atoms with Gasteiger partial charge in [-0.2, -0.15) is 0 Å². The minimum absolute atomic E-state index is 0. The van der Waals surface area contributed by atoms with Gasteiger partial charge in [-0.05, 0) is 0 Å². The van der Waals surface area contributed by atoms with Crippen molar-refractivity contribution in [2.45, 2.75) is 0 Å². The van der Waals surface area contributed by atoms with Gasteiger partial charge in [0.15, 0.2) is 0 Å². The summed E-state index contributed by atoms with van der Waals surface area (Å²) in [6.07, 6.45) is 0. The monoisotopic (exact) mass is 470 g/mol. The molecule has 0 heterocycles. The SMILES string of the molecule is [BaH2].[OH][Ti]([OH])([OH])[OH].[SnH4].[Zr]. The van der Waals surface area contributed by atoms with Crippen LogP contribution in [-0.4, -0.2) is 87.5 Å². The number of hydrogen-bond acceptors (Lipinski definition) is 4. The van der Waals surface area contributed by atoms with E-state index in [2.05, 4.69) is 0 Å². The summed E-state index contributed by atoms with van der Waals surface area (Å²) >= 11 is -5.00. The molecular weight excluding hydrogens is 459 g/mol. The molecule has 0 spiro atoms. The van der Waals surface area contributed by atoms with Crippen molar-refractivity contribution < 1.29 is 59.1 Å². The Balaban J connectivity index is -0.0000000267. The molecule has 8 heavy (non-hydrogen) atoms. The van der Waals surface area contributed by atoms with Gasteiger partial charge in [0, 0.05) is 26.2 Å². The maximum absolute atomic E-state index is 7.38. The summed E-state index contributed by atoms with van der Waals surface area (Å²) in [5.74, 6) is 0. The number of rotatable bonds is 0. The Labute approximate surface area is 128 Å². The van der Waals surface area contributed by atoms with E-state index in [1.807, 2.05) is 0 Å². The molecule has 0 aliphatic heterocycles. The molecule has 0 rings (SSSR count). The van der Waals surface area contributed by atoms with Crippen LogP contribution in [0.4, 0.5) is 0 Å². The van der Waals surface area contributed by atoms with Crippen LogP contribution in [0, 0.1) is 0 Å². The molecule has 48 valence electrons. The molecule has 0 saturated heterocycles. The average molecular weight is 469 g/mol. The van der Waals surface area contributed by atoms with Crippen molar-refractivity contribution >= 4 is 72.8 Å². The molecule has 4 nitrogen and oxygen atoms in total. The van der Waals surface area contributed by atoms with Crippen LogP contribution < -0.4 is 0 Å². The Hall–Kier alpha value is 3.81. The van der Waals surface area contributed by atoms with Crippen molar-refractivity contribution in [3.05, 3.63) is 0 Å². The summed E-state index contributed by atoms with van der Waals surface area (Å²) in [7, 11) is 0. The third-order valence-electron chi connectivity index (χ3n) is 0. The van der Waals surface area contributed by atoms with Crippen molar-refractivity contribution in [2.75, 3.05) is 0 Å². The molecule has 0 aliphatic carbocycles. The van der Waals surface area contributed by atoms with Gasteiger partial charge in [0.05, 0.1) is 0 Å². The largest absolute Gasteiger partial charge is 0 e. The molecule has 0 amide bonds. The second-order valence-corrected chi connectivity index (χ2v) is 2.47. The van der Waals surface area contributed by atoms with Crippen LogP contribution in [0.3, 0.4) is 0 Å². The third-order valence-corrected chi connectivity index (χ3v) is 0. The van der Waals surface area contributed by atoms with Gasteiger partial charge >= 0.3 is 106 Å². The smallest absolute Gasteiger partial charge is 0 e. The second-order valence-electron chi connectivity index (χ2n) is 0.600. The van der Waals surface area contributed by atoms with Gasteiger partial charge in [0.2, 0.25) is 0 Å². The van der Waals surface area contributed by atoms with E-state index in [1.165, 1.54) is 0 Å². The summed E-state index contributed by atoms with van der Waals surface area (Å²) in [5.41, 5.74) is 0. The first-order valence-corrected chi connectivity index (χ1v) is 3.69. The molecular formula is H10BaO4SnTiZr. The zero-order valence-corrected chi connectivity index (χ0v) is 6.81. The van der Waals surface area contributed by atoms with E-state index in [0.717, 1.165) is 0 Å². The minimum Gasteiger partial charge on any atom is 0 e. The van der Waals surface area contributed by atoms with Crippen molar-refractivity contribution in [2.24, 2.45) is 0 Å².